The van der Waals surface area contributed by atoms with Crippen molar-refractivity contribution in [3.05, 3.63) is 29.3 Å². The van der Waals surface area contributed by atoms with Crippen molar-refractivity contribution in [1.82, 2.24) is 5.32 Å². The number of anilines is 1. The average molecular weight is 304 g/mol. The zero-order valence-electron chi connectivity index (χ0n) is 13.7. The Balaban J connectivity index is 1.63. The van der Waals surface area contributed by atoms with Crippen molar-refractivity contribution in [2.75, 3.05) is 5.32 Å². The van der Waals surface area contributed by atoms with Gasteiger partial charge < -0.3 is 20.1 Å². The number of amides is 2. The van der Waals surface area contributed by atoms with E-state index in [2.05, 4.69) is 24.5 Å². The second-order valence-corrected chi connectivity index (χ2v) is 7.30. The molecule has 0 spiro atoms. The Kier molecular flexibility index (Phi) is 3.65. The van der Waals surface area contributed by atoms with Crippen molar-refractivity contribution >= 4 is 11.7 Å². The predicted octanol–water partition coefficient (Wildman–Crippen LogP) is 3.18. The molecule has 0 aliphatic carbocycles. The van der Waals surface area contributed by atoms with Gasteiger partial charge in [-0.25, -0.2) is 4.79 Å². The Morgan fingerprint density at radius 1 is 1.18 bits per heavy atom. The predicted molar refractivity (Wildman–Crippen MR) is 84.7 cm³/mol. The molecule has 2 amide bonds. The topological polar surface area (TPSA) is 59.6 Å². The summed E-state index contributed by atoms with van der Waals surface area (Å²) in [5.41, 5.74) is 2.54. The highest BCUT2D eigenvalue weighted by atomic mass is 16.5. The first-order valence-corrected chi connectivity index (χ1v) is 7.72. The van der Waals surface area contributed by atoms with E-state index in [0.29, 0.717) is 13.2 Å². The van der Waals surface area contributed by atoms with Gasteiger partial charge in [-0.3, -0.25) is 0 Å². The zero-order chi connectivity index (χ0) is 16.0. The molecular formula is C17H24N2O3. The molecule has 5 heteroatoms. The van der Waals surface area contributed by atoms with Crippen LogP contribution in [0.4, 0.5) is 10.5 Å². The smallest absolute Gasteiger partial charge is 0.319 e. The number of rotatable bonds is 2. The fourth-order valence-corrected chi connectivity index (χ4v) is 3.36. The van der Waals surface area contributed by atoms with Crippen LogP contribution in [-0.4, -0.2) is 23.3 Å². The van der Waals surface area contributed by atoms with Crippen LogP contribution in [0.25, 0.3) is 0 Å². The van der Waals surface area contributed by atoms with E-state index in [1.165, 1.54) is 5.56 Å². The molecule has 0 bridgehead atoms. The lowest BCUT2D eigenvalue weighted by Crippen LogP contribution is -2.47. The molecule has 2 aliphatic rings. The van der Waals surface area contributed by atoms with Gasteiger partial charge in [0.05, 0.1) is 30.5 Å². The van der Waals surface area contributed by atoms with Gasteiger partial charge in [-0.15, -0.1) is 0 Å². The molecule has 0 aromatic heterocycles. The zero-order valence-corrected chi connectivity index (χ0v) is 13.7. The van der Waals surface area contributed by atoms with Crippen molar-refractivity contribution in [1.29, 1.82) is 0 Å². The summed E-state index contributed by atoms with van der Waals surface area (Å²) < 4.78 is 11.4. The molecular weight excluding hydrogens is 280 g/mol. The molecule has 1 unspecified atom stereocenters. The first-order chi connectivity index (χ1) is 10.3. The lowest BCUT2D eigenvalue weighted by molar-refractivity contribution is -0.0689. The van der Waals surface area contributed by atoms with E-state index >= 15 is 0 Å². The maximum absolute atomic E-state index is 12.3. The van der Waals surface area contributed by atoms with Gasteiger partial charge in [-0.1, -0.05) is 6.07 Å². The van der Waals surface area contributed by atoms with Crippen LogP contribution in [0.15, 0.2) is 18.2 Å². The molecule has 2 aliphatic heterocycles. The Hall–Kier alpha value is -1.59. The summed E-state index contributed by atoms with van der Waals surface area (Å²) in [4.78, 5) is 12.3. The second-order valence-electron chi connectivity index (χ2n) is 7.30. The lowest BCUT2D eigenvalue weighted by atomic mass is 9.95. The van der Waals surface area contributed by atoms with Crippen LogP contribution in [0.5, 0.6) is 0 Å². The van der Waals surface area contributed by atoms with E-state index in [0.717, 1.165) is 17.7 Å². The monoisotopic (exact) mass is 304 g/mol. The van der Waals surface area contributed by atoms with E-state index in [-0.39, 0.29) is 23.3 Å². The number of urea groups is 1. The van der Waals surface area contributed by atoms with E-state index in [9.17, 15) is 4.79 Å². The summed E-state index contributed by atoms with van der Waals surface area (Å²) in [6.45, 7) is 9.40. The molecule has 1 aromatic rings. The SMILES string of the molecule is CC1(C)CC(NC(=O)Nc2ccc3c(c2)COC3)C(C)(C)O1. The Morgan fingerprint density at radius 2 is 1.91 bits per heavy atom. The maximum atomic E-state index is 12.3. The Labute approximate surface area is 131 Å². The van der Waals surface area contributed by atoms with Gasteiger partial charge in [0.25, 0.3) is 0 Å². The molecule has 3 rings (SSSR count). The van der Waals surface area contributed by atoms with Crippen molar-refractivity contribution in [3.63, 3.8) is 0 Å². The maximum Gasteiger partial charge on any atom is 0.319 e. The minimum atomic E-state index is -0.368. The van der Waals surface area contributed by atoms with E-state index in [1.807, 2.05) is 32.0 Å². The highest BCUT2D eigenvalue weighted by Gasteiger charge is 2.46. The van der Waals surface area contributed by atoms with Crippen LogP contribution in [0.1, 0.15) is 45.2 Å². The molecule has 0 saturated carbocycles. The first-order valence-electron chi connectivity index (χ1n) is 7.72. The fourth-order valence-electron chi connectivity index (χ4n) is 3.36. The largest absolute Gasteiger partial charge is 0.372 e. The third-order valence-electron chi connectivity index (χ3n) is 4.36. The van der Waals surface area contributed by atoms with Crippen LogP contribution >= 0.6 is 0 Å². The number of hydrogen-bond acceptors (Lipinski definition) is 3. The van der Waals surface area contributed by atoms with Gasteiger partial charge in [0.2, 0.25) is 0 Å². The molecule has 1 saturated heterocycles. The molecule has 1 atom stereocenters. The van der Waals surface area contributed by atoms with Crippen molar-refractivity contribution in [2.45, 2.75) is 64.6 Å². The highest BCUT2D eigenvalue weighted by Crippen LogP contribution is 2.37. The van der Waals surface area contributed by atoms with Crippen LogP contribution < -0.4 is 10.6 Å². The standard InChI is InChI=1S/C17H24N2O3/c1-16(2)8-14(17(3,4)22-16)19-15(20)18-13-6-5-11-9-21-10-12(11)7-13/h5-7,14H,8-10H2,1-4H3,(H2,18,19,20). The molecule has 2 heterocycles. The van der Waals surface area contributed by atoms with Crippen molar-refractivity contribution < 1.29 is 14.3 Å². The third kappa shape index (κ3) is 3.10. The number of benzene rings is 1. The third-order valence-corrected chi connectivity index (χ3v) is 4.36. The molecule has 0 radical (unpaired) electrons. The number of carbonyl (C=O) groups excluding carboxylic acids is 1. The lowest BCUT2D eigenvalue weighted by Gasteiger charge is -2.27. The van der Waals surface area contributed by atoms with Gasteiger partial charge in [0.1, 0.15) is 0 Å². The minimum absolute atomic E-state index is 0.0136. The summed E-state index contributed by atoms with van der Waals surface area (Å²) in [6, 6.07) is 5.68. The quantitative estimate of drug-likeness (QED) is 0.882. The van der Waals surface area contributed by atoms with Crippen LogP contribution in [0.3, 0.4) is 0 Å². The van der Waals surface area contributed by atoms with Gasteiger partial charge in [0, 0.05) is 5.69 Å². The van der Waals surface area contributed by atoms with Crippen molar-refractivity contribution in [3.8, 4) is 0 Å². The number of carbonyl (C=O) groups is 1. The number of nitrogens with one attached hydrogen (secondary N) is 2. The number of hydrogen-bond donors (Lipinski definition) is 2. The van der Waals surface area contributed by atoms with E-state index in [1.54, 1.807) is 0 Å². The van der Waals surface area contributed by atoms with Crippen LogP contribution in [0.2, 0.25) is 0 Å². The second kappa shape index (κ2) is 5.25. The summed E-state index contributed by atoms with van der Waals surface area (Å²) in [7, 11) is 0. The molecule has 2 N–H and O–H groups in total. The minimum Gasteiger partial charge on any atom is -0.372 e. The van der Waals surface area contributed by atoms with Crippen LogP contribution in [-0.2, 0) is 22.7 Å². The number of ether oxygens (including phenoxy) is 2. The van der Waals surface area contributed by atoms with Gasteiger partial charge >= 0.3 is 6.03 Å². The van der Waals surface area contributed by atoms with Crippen molar-refractivity contribution in [2.24, 2.45) is 0 Å². The Bertz CT molecular complexity index is 596. The molecule has 1 aromatic carbocycles. The average Bonchev–Trinajstić information content (AvgIpc) is 2.90. The molecule has 5 nitrogen and oxygen atoms in total. The number of fused-ring (bicyclic) bond motifs is 1. The van der Waals surface area contributed by atoms with Gasteiger partial charge in [-0.05, 0) is 57.4 Å². The normalized spacial score (nSPS) is 24.8. The summed E-state index contributed by atoms with van der Waals surface area (Å²) in [5, 5.41) is 5.94. The van der Waals surface area contributed by atoms with E-state index in [4.69, 9.17) is 9.47 Å². The van der Waals surface area contributed by atoms with Crippen LogP contribution in [0, 0.1) is 0 Å². The molecule has 22 heavy (non-hydrogen) atoms. The summed E-state index contributed by atoms with van der Waals surface area (Å²) in [6.07, 6.45) is 0.797. The van der Waals surface area contributed by atoms with Gasteiger partial charge in [-0.2, -0.15) is 0 Å². The molecule has 1 fully saturated rings. The van der Waals surface area contributed by atoms with Gasteiger partial charge in [0.15, 0.2) is 0 Å². The fraction of sp³-hybridized carbons (Fsp3) is 0.588. The van der Waals surface area contributed by atoms with E-state index < -0.39 is 0 Å². The highest BCUT2D eigenvalue weighted by molar-refractivity contribution is 5.89. The first kappa shape index (κ1) is 15.3. The summed E-state index contributed by atoms with van der Waals surface area (Å²) in [5.74, 6) is 0. The molecule has 120 valence electrons. The Morgan fingerprint density at radius 3 is 2.59 bits per heavy atom. The summed E-state index contributed by atoms with van der Waals surface area (Å²) >= 11 is 0.